The van der Waals surface area contributed by atoms with Gasteiger partial charge in [-0.15, -0.1) is 11.6 Å². The SMILES string of the molecule is CC(NS(=O)(=O)CCCl)C(C)(C)C. The van der Waals surface area contributed by atoms with Crippen molar-refractivity contribution in [2.24, 2.45) is 5.41 Å². The van der Waals surface area contributed by atoms with E-state index in [9.17, 15) is 8.42 Å². The monoisotopic (exact) mass is 227 g/mol. The van der Waals surface area contributed by atoms with Crippen molar-refractivity contribution in [3.8, 4) is 0 Å². The quantitative estimate of drug-likeness (QED) is 0.742. The molecule has 0 spiro atoms. The van der Waals surface area contributed by atoms with Gasteiger partial charge < -0.3 is 0 Å². The van der Waals surface area contributed by atoms with Gasteiger partial charge in [0.25, 0.3) is 0 Å². The number of hydrogen-bond donors (Lipinski definition) is 1. The van der Waals surface area contributed by atoms with Crippen LogP contribution in [0.25, 0.3) is 0 Å². The molecule has 0 saturated carbocycles. The summed E-state index contributed by atoms with van der Waals surface area (Å²) >= 11 is 5.36. The number of sulfonamides is 1. The maximum Gasteiger partial charge on any atom is 0.213 e. The minimum Gasteiger partial charge on any atom is -0.212 e. The molecule has 0 aromatic heterocycles. The van der Waals surface area contributed by atoms with E-state index in [1.807, 2.05) is 27.7 Å². The van der Waals surface area contributed by atoms with Crippen molar-refractivity contribution in [3.63, 3.8) is 0 Å². The lowest BCUT2D eigenvalue weighted by Crippen LogP contribution is -2.42. The zero-order valence-corrected chi connectivity index (χ0v) is 10.2. The lowest BCUT2D eigenvalue weighted by atomic mass is 9.89. The molecule has 0 heterocycles. The molecule has 13 heavy (non-hydrogen) atoms. The Morgan fingerprint density at radius 2 is 1.85 bits per heavy atom. The van der Waals surface area contributed by atoms with Gasteiger partial charge in [-0.3, -0.25) is 0 Å². The van der Waals surface area contributed by atoms with Gasteiger partial charge in [-0.05, 0) is 12.3 Å². The van der Waals surface area contributed by atoms with Crippen molar-refractivity contribution in [2.75, 3.05) is 11.6 Å². The second kappa shape index (κ2) is 4.62. The Kier molecular flexibility index (Phi) is 4.69. The number of halogens is 1. The molecule has 0 aliphatic rings. The number of alkyl halides is 1. The van der Waals surface area contributed by atoms with Gasteiger partial charge in [0.05, 0.1) is 5.75 Å². The lowest BCUT2D eigenvalue weighted by molar-refractivity contribution is 0.318. The highest BCUT2D eigenvalue weighted by atomic mass is 35.5. The van der Waals surface area contributed by atoms with Crippen molar-refractivity contribution < 1.29 is 8.42 Å². The number of rotatable bonds is 4. The van der Waals surface area contributed by atoms with Gasteiger partial charge in [-0.2, -0.15) is 0 Å². The molecule has 3 nitrogen and oxygen atoms in total. The first-order chi connectivity index (χ1) is 5.69. The maximum atomic E-state index is 11.3. The molecule has 80 valence electrons. The van der Waals surface area contributed by atoms with Crippen LogP contribution < -0.4 is 4.72 Å². The Labute approximate surface area is 85.9 Å². The fourth-order valence-electron chi connectivity index (χ4n) is 0.607. The highest BCUT2D eigenvalue weighted by molar-refractivity contribution is 7.89. The molecule has 0 bridgehead atoms. The van der Waals surface area contributed by atoms with Crippen LogP contribution in [-0.4, -0.2) is 26.1 Å². The third-order valence-electron chi connectivity index (χ3n) is 2.00. The Balaban J connectivity index is 4.29. The molecule has 5 heteroatoms. The molecule has 0 aromatic rings. The van der Waals surface area contributed by atoms with Gasteiger partial charge in [0.15, 0.2) is 0 Å². The van der Waals surface area contributed by atoms with Gasteiger partial charge in [0, 0.05) is 11.9 Å². The van der Waals surface area contributed by atoms with Gasteiger partial charge in [0.1, 0.15) is 0 Å². The van der Waals surface area contributed by atoms with Gasteiger partial charge in [-0.25, -0.2) is 13.1 Å². The Hall–Kier alpha value is 0.200. The van der Waals surface area contributed by atoms with Crippen LogP contribution in [0.15, 0.2) is 0 Å². The van der Waals surface area contributed by atoms with E-state index in [2.05, 4.69) is 4.72 Å². The van der Waals surface area contributed by atoms with Crippen LogP contribution in [0.1, 0.15) is 27.7 Å². The summed E-state index contributed by atoms with van der Waals surface area (Å²) in [5.41, 5.74) is -0.0701. The number of hydrogen-bond acceptors (Lipinski definition) is 2. The van der Waals surface area contributed by atoms with Crippen LogP contribution >= 0.6 is 11.6 Å². The molecular weight excluding hydrogens is 210 g/mol. The van der Waals surface area contributed by atoms with Crippen molar-refractivity contribution >= 4 is 21.6 Å². The molecule has 0 rings (SSSR count). The van der Waals surface area contributed by atoms with Crippen LogP contribution in [0.2, 0.25) is 0 Å². The zero-order valence-electron chi connectivity index (χ0n) is 8.59. The molecule has 0 aromatic carbocycles. The van der Waals surface area contributed by atoms with E-state index in [1.165, 1.54) is 0 Å². The van der Waals surface area contributed by atoms with E-state index in [0.717, 1.165) is 0 Å². The fraction of sp³-hybridized carbons (Fsp3) is 1.00. The van der Waals surface area contributed by atoms with Crippen LogP contribution in [0.3, 0.4) is 0 Å². The molecular formula is C8H18ClNO2S. The van der Waals surface area contributed by atoms with Crippen LogP contribution in [0, 0.1) is 5.41 Å². The Bertz CT molecular complexity index is 243. The Morgan fingerprint density at radius 3 is 2.15 bits per heavy atom. The highest BCUT2D eigenvalue weighted by Gasteiger charge is 2.24. The molecule has 0 aliphatic heterocycles. The van der Waals surface area contributed by atoms with Crippen molar-refractivity contribution in [2.45, 2.75) is 33.7 Å². The van der Waals surface area contributed by atoms with Gasteiger partial charge in [-0.1, -0.05) is 20.8 Å². The molecule has 0 amide bonds. The minimum absolute atomic E-state index is 0.0189. The molecule has 0 aliphatic carbocycles. The zero-order chi connectivity index (χ0) is 10.7. The van der Waals surface area contributed by atoms with Crippen LogP contribution in [0.4, 0.5) is 0 Å². The van der Waals surface area contributed by atoms with Crippen molar-refractivity contribution in [1.82, 2.24) is 4.72 Å². The normalized spacial score (nSPS) is 15.8. The van der Waals surface area contributed by atoms with Crippen molar-refractivity contribution in [3.05, 3.63) is 0 Å². The standard InChI is InChI=1S/C8H18ClNO2S/c1-7(8(2,3)4)10-13(11,12)6-5-9/h7,10H,5-6H2,1-4H3. The second-order valence-electron chi connectivity index (χ2n) is 4.21. The van der Waals surface area contributed by atoms with E-state index in [0.29, 0.717) is 0 Å². The number of nitrogens with one attached hydrogen (secondary N) is 1. The average Bonchev–Trinajstić information content (AvgIpc) is 1.83. The summed E-state index contributed by atoms with van der Waals surface area (Å²) in [5, 5.41) is 0. The van der Waals surface area contributed by atoms with Crippen LogP contribution in [0.5, 0.6) is 0 Å². The topological polar surface area (TPSA) is 46.2 Å². The summed E-state index contributed by atoms with van der Waals surface area (Å²) in [6.45, 7) is 7.81. The average molecular weight is 228 g/mol. The summed E-state index contributed by atoms with van der Waals surface area (Å²) in [6.07, 6.45) is 0. The third kappa shape index (κ3) is 5.49. The smallest absolute Gasteiger partial charge is 0.212 e. The first-order valence-corrected chi connectivity index (χ1v) is 6.43. The minimum atomic E-state index is -3.20. The molecule has 0 saturated heterocycles. The van der Waals surface area contributed by atoms with Gasteiger partial charge >= 0.3 is 0 Å². The summed E-state index contributed by atoms with van der Waals surface area (Å²) < 4.78 is 25.2. The molecule has 1 N–H and O–H groups in total. The predicted molar refractivity (Wildman–Crippen MR) is 56.6 cm³/mol. The summed E-state index contributed by atoms with van der Waals surface area (Å²) in [7, 11) is -3.20. The van der Waals surface area contributed by atoms with E-state index in [-0.39, 0.29) is 23.1 Å². The van der Waals surface area contributed by atoms with E-state index < -0.39 is 10.0 Å². The first-order valence-electron chi connectivity index (χ1n) is 4.25. The summed E-state index contributed by atoms with van der Waals surface area (Å²) in [5.74, 6) is 0.112. The van der Waals surface area contributed by atoms with E-state index in [1.54, 1.807) is 0 Å². The first kappa shape index (κ1) is 13.2. The lowest BCUT2D eigenvalue weighted by Gasteiger charge is -2.27. The highest BCUT2D eigenvalue weighted by Crippen LogP contribution is 2.19. The molecule has 1 atom stereocenters. The second-order valence-corrected chi connectivity index (χ2v) is 6.46. The summed E-state index contributed by atoms with van der Waals surface area (Å²) in [4.78, 5) is 0. The Morgan fingerprint density at radius 1 is 1.38 bits per heavy atom. The predicted octanol–water partition coefficient (Wildman–Crippen LogP) is 1.58. The maximum absolute atomic E-state index is 11.3. The largest absolute Gasteiger partial charge is 0.213 e. The van der Waals surface area contributed by atoms with E-state index >= 15 is 0 Å². The summed E-state index contributed by atoms with van der Waals surface area (Å²) in [6, 6.07) is -0.0827. The van der Waals surface area contributed by atoms with E-state index in [4.69, 9.17) is 11.6 Å². The molecule has 1 unspecified atom stereocenters. The van der Waals surface area contributed by atoms with Crippen LogP contribution in [-0.2, 0) is 10.0 Å². The molecule has 0 radical (unpaired) electrons. The fourth-order valence-corrected chi connectivity index (χ4v) is 2.43. The third-order valence-corrected chi connectivity index (χ3v) is 3.87. The van der Waals surface area contributed by atoms with Gasteiger partial charge in [0.2, 0.25) is 10.0 Å². The molecule has 0 fully saturated rings. The van der Waals surface area contributed by atoms with Crippen molar-refractivity contribution in [1.29, 1.82) is 0 Å².